The number of carboxylic acids is 1. The van der Waals surface area contributed by atoms with Crippen molar-refractivity contribution >= 4 is 21.7 Å². The van der Waals surface area contributed by atoms with Gasteiger partial charge in [0.25, 0.3) is 0 Å². The van der Waals surface area contributed by atoms with Crippen LogP contribution < -0.4 is 14.8 Å². The lowest BCUT2D eigenvalue weighted by Gasteiger charge is -2.28. The molecule has 160 valence electrons. The molecule has 3 N–H and O–H groups in total. The molecule has 0 spiro atoms. The number of primary sulfonamides is 1. The van der Waals surface area contributed by atoms with E-state index in [1.54, 1.807) is 31.2 Å². The molecule has 0 unspecified atom stereocenters. The van der Waals surface area contributed by atoms with E-state index in [2.05, 4.69) is 6.58 Å². The smallest absolute Gasteiger partial charge is 0.335 e. The molecule has 0 fully saturated rings. The summed E-state index contributed by atoms with van der Waals surface area (Å²) in [6, 6.07) is 2.47. The first-order chi connectivity index (χ1) is 13.6. The Morgan fingerprint density at radius 1 is 1.24 bits per heavy atom. The number of ether oxygens (including phenoxy) is 1. The highest BCUT2D eigenvalue weighted by atomic mass is 32.2. The monoisotopic (exact) mass is 422 g/mol. The second-order valence-corrected chi connectivity index (χ2v) is 8.04. The molecule has 7 nitrogen and oxygen atoms in total. The van der Waals surface area contributed by atoms with Crippen LogP contribution in [0.5, 0.6) is 5.75 Å². The predicted octanol–water partition coefficient (Wildman–Crippen LogP) is 4.07. The first-order valence-corrected chi connectivity index (χ1v) is 11.0. The Morgan fingerprint density at radius 3 is 2.45 bits per heavy atom. The second-order valence-electron chi connectivity index (χ2n) is 6.51. The average molecular weight is 423 g/mol. The summed E-state index contributed by atoms with van der Waals surface area (Å²) in [4.78, 5) is 13.2. The van der Waals surface area contributed by atoms with Crippen LogP contribution in [0.2, 0.25) is 0 Å². The van der Waals surface area contributed by atoms with E-state index in [-0.39, 0.29) is 16.2 Å². The number of carbonyl (C=O) groups is 1. The number of sulfonamides is 1. The third-order valence-corrected chi connectivity index (χ3v) is 4.96. The first-order valence-electron chi connectivity index (χ1n) is 9.48. The van der Waals surface area contributed by atoms with Gasteiger partial charge in [-0.3, -0.25) is 0 Å². The zero-order chi connectivity index (χ0) is 22.0. The van der Waals surface area contributed by atoms with Crippen molar-refractivity contribution in [2.45, 2.75) is 44.9 Å². The molecular weight excluding hydrogens is 392 g/mol. The van der Waals surface area contributed by atoms with Gasteiger partial charge in [-0.15, -0.1) is 0 Å². The summed E-state index contributed by atoms with van der Waals surface area (Å²) in [7, 11) is -4.23. The van der Waals surface area contributed by atoms with Crippen molar-refractivity contribution in [1.29, 1.82) is 0 Å². The van der Waals surface area contributed by atoms with Gasteiger partial charge in [0.2, 0.25) is 10.0 Å². The number of hydrogen-bond acceptors (Lipinski definition) is 5. The van der Waals surface area contributed by atoms with Crippen molar-refractivity contribution in [2.24, 2.45) is 5.14 Å². The molecule has 0 aromatic heterocycles. The minimum absolute atomic E-state index is 0.0304. The van der Waals surface area contributed by atoms with Gasteiger partial charge in [0.1, 0.15) is 10.7 Å². The Hall–Kier alpha value is -2.58. The van der Waals surface area contributed by atoms with Gasteiger partial charge in [-0.05, 0) is 38.0 Å². The molecule has 0 aliphatic heterocycles. The Labute approximate surface area is 173 Å². The number of allylic oxidation sites excluding steroid dienone is 5. The van der Waals surface area contributed by atoms with Crippen LogP contribution in [0.4, 0.5) is 5.69 Å². The molecular formula is C21H30N2O5S. The summed E-state index contributed by atoms with van der Waals surface area (Å²) in [5.74, 6) is -0.789. The summed E-state index contributed by atoms with van der Waals surface area (Å²) in [5.41, 5.74) is 0.229. The molecule has 0 amide bonds. The van der Waals surface area contributed by atoms with E-state index in [4.69, 9.17) is 9.88 Å². The lowest BCUT2D eigenvalue weighted by molar-refractivity contribution is 0.0696. The highest BCUT2D eigenvalue weighted by molar-refractivity contribution is 7.89. The molecule has 8 heteroatoms. The largest absolute Gasteiger partial charge is 0.478 e. The summed E-state index contributed by atoms with van der Waals surface area (Å²) >= 11 is 0. The zero-order valence-electron chi connectivity index (χ0n) is 17.2. The molecule has 0 aliphatic rings. The van der Waals surface area contributed by atoms with Gasteiger partial charge in [0, 0.05) is 13.1 Å². The molecule has 0 saturated carbocycles. The van der Waals surface area contributed by atoms with Crippen LogP contribution in [0.25, 0.3) is 0 Å². The van der Waals surface area contributed by atoms with Gasteiger partial charge in [-0.2, -0.15) is 0 Å². The van der Waals surface area contributed by atoms with Gasteiger partial charge in [-0.1, -0.05) is 45.1 Å². The van der Waals surface area contributed by atoms with Crippen LogP contribution in [0.1, 0.15) is 50.4 Å². The fourth-order valence-electron chi connectivity index (χ4n) is 2.70. The van der Waals surface area contributed by atoms with E-state index in [9.17, 15) is 18.3 Å². The maximum Gasteiger partial charge on any atom is 0.335 e. The maximum absolute atomic E-state index is 12.3. The second kappa shape index (κ2) is 11.4. The molecule has 0 saturated heterocycles. The molecule has 29 heavy (non-hydrogen) atoms. The molecule has 0 radical (unpaired) electrons. The highest BCUT2D eigenvalue weighted by Crippen LogP contribution is 2.38. The lowest BCUT2D eigenvalue weighted by Crippen LogP contribution is -2.27. The number of carboxylic acid groups (broad SMARTS) is 1. The van der Waals surface area contributed by atoms with Gasteiger partial charge in [0.05, 0.1) is 11.3 Å². The van der Waals surface area contributed by atoms with Crippen LogP contribution in [-0.2, 0) is 10.0 Å². The highest BCUT2D eigenvalue weighted by Gasteiger charge is 2.25. The van der Waals surface area contributed by atoms with E-state index < -0.39 is 16.0 Å². The summed E-state index contributed by atoms with van der Waals surface area (Å²) in [6.07, 6.45) is 9.24. The normalized spacial score (nSPS) is 12.2. The van der Waals surface area contributed by atoms with Crippen LogP contribution in [0.15, 0.2) is 53.7 Å². The maximum atomic E-state index is 12.3. The van der Waals surface area contributed by atoms with Gasteiger partial charge < -0.3 is 14.7 Å². The van der Waals surface area contributed by atoms with Crippen molar-refractivity contribution in [2.75, 3.05) is 18.0 Å². The van der Waals surface area contributed by atoms with Crippen molar-refractivity contribution in [3.05, 3.63) is 54.3 Å². The zero-order valence-corrected chi connectivity index (χ0v) is 18.0. The number of hydrogen-bond donors (Lipinski definition) is 2. The summed E-state index contributed by atoms with van der Waals surface area (Å²) in [5, 5.41) is 14.9. The minimum atomic E-state index is -4.23. The Kier molecular flexibility index (Phi) is 9.64. The molecule has 1 aromatic rings. The van der Waals surface area contributed by atoms with Crippen molar-refractivity contribution in [3.8, 4) is 5.75 Å². The standard InChI is InChI=1S/C21H30N2O5S/c1-5-8-10-11-16(4)28-20-18(23(12-7-3)13-9-6-2)14-17(21(24)25)15-19(20)29(22,26)27/h5,8,10-11,14-15H,1,6-7,9,12-13H2,2-4H3,(H,24,25)(H2,22,26,27)/b10-8-,16-11+. The number of aromatic carboxylic acids is 1. The first kappa shape index (κ1) is 24.5. The van der Waals surface area contributed by atoms with Crippen LogP contribution in [-0.4, -0.2) is 32.6 Å². The number of anilines is 1. The van der Waals surface area contributed by atoms with Crippen LogP contribution in [0.3, 0.4) is 0 Å². The molecule has 0 bridgehead atoms. The SMILES string of the molecule is C=C/C=C\C=C(/C)Oc1c(N(CCC)CCCC)cc(C(=O)O)cc1S(N)(=O)=O. The summed E-state index contributed by atoms with van der Waals surface area (Å²) in [6.45, 7) is 10.5. The Morgan fingerprint density at radius 2 is 1.93 bits per heavy atom. The predicted molar refractivity (Wildman–Crippen MR) is 116 cm³/mol. The van der Waals surface area contributed by atoms with E-state index in [0.717, 1.165) is 25.3 Å². The van der Waals surface area contributed by atoms with Crippen molar-refractivity contribution < 1.29 is 23.1 Å². The van der Waals surface area contributed by atoms with E-state index >= 15 is 0 Å². The fourth-order valence-corrected chi connectivity index (χ4v) is 3.39. The Balaban J connectivity index is 3.72. The fraction of sp³-hybridized carbons (Fsp3) is 0.381. The number of unbranched alkanes of at least 4 members (excludes halogenated alkanes) is 1. The van der Waals surface area contributed by atoms with Crippen LogP contribution >= 0.6 is 0 Å². The third-order valence-electron chi connectivity index (χ3n) is 4.05. The number of rotatable bonds is 12. The lowest BCUT2D eigenvalue weighted by atomic mass is 10.1. The van der Waals surface area contributed by atoms with Crippen LogP contribution in [0, 0.1) is 0 Å². The number of nitrogens with two attached hydrogens (primary N) is 1. The summed E-state index contributed by atoms with van der Waals surface area (Å²) < 4.78 is 30.4. The molecule has 0 atom stereocenters. The molecule has 1 rings (SSSR count). The van der Waals surface area contributed by atoms with E-state index in [1.165, 1.54) is 6.07 Å². The third kappa shape index (κ3) is 7.40. The number of benzene rings is 1. The van der Waals surface area contributed by atoms with Gasteiger partial charge in [-0.25, -0.2) is 18.4 Å². The van der Waals surface area contributed by atoms with Gasteiger partial charge >= 0.3 is 5.97 Å². The van der Waals surface area contributed by atoms with Gasteiger partial charge in [0.15, 0.2) is 5.75 Å². The number of nitrogens with zero attached hydrogens (tertiary/aromatic N) is 1. The average Bonchev–Trinajstić information content (AvgIpc) is 2.64. The minimum Gasteiger partial charge on any atom is -0.478 e. The van der Waals surface area contributed by atoms with E-state index in [0.29, 0.717) is 24.5 Å². The van der Waals surface area contributed by atoms with Crippen molar-refractivity contribution in [1.82, 2.24) is 0 Å². The Bertz CT molecular complexity index is 889. The van der Waals surface area contributed by atoms with Crippen molar-refractivity contribution in [3.63, 3.8) is 0 Å². The quantitative estimate of drug-likeness (QED) is 0.388. The van der Waals surface area contributed by atoms with E-state index in [1.807, 2.05) is 18.7 Å². The molecule has 1 aromatic carbocycles. The topological polar surface area (TPSA) is 110 Å². The molecule has 0 aliphatic carbocycles. The molecule has 0 heterocycles.